The minimum atomic E-state index is 0.328. The number of fused-ring (bicyclic) bond motifs is 1. The molecule has 7 rings (SSSR count). The highest BCUT2D eigenvalue weighted by molar-refractivity contribution is 6.31. The van der Waals surface area contributed by atoms with Crippen LogP contribution in [0.5, 0.6) is 0 Å². The van der Waals surface area contributed by atoms with Crippen molar-refractivity contribution in [2.75, 3.05) is 0 Å². The molecule has 3 aromatic rings. The van der Waals surface area contributed by atoms with Crippen LogP contribution in [0, 0.1) is 16.7 Å². The second-order valence-corrected chi connectivity index (χ2v) is 12.1. The van der Waals surface area contributed by atoms with Gasteiger partial charge in [0.2, 0.25) is 0 Å². The van der Waals surface area contributed by atoms with Crippen molar-refractivity contribution >= 4 is 22.5 Å². The molecule has 4 aliphatic rings. The van der Waals surface area contributed by atoms with Gasteiger partial charge in [0.1, 0.15) is 0 Å². The van der Waals surface area contributed by atoms with Crippen molar-refractivity contribution in [2.24, 2.45) is 16.7 Å². The smallest absolute Gasteiger partial charge is 0.0491 e. The van der Waals surface area contributed by atoms with Gasteiger partial charge in [-0.2, -0.15) is 0 Å². The fourth-order valence-corrected chi connectivity index (χ4v) is 8.53. The van der Waals surface area contributed by atoms with E-state index in [1.165, 1.54) is 60.6 Å². The van der Waals surface area contributed by atoms with E-state index in [4.69, 9.17) is 11.6 Å². The highest BCUT2D eigenvalue weighted by Gasteiger charge is 2.59. The van der Waals surface area contributed by atoms with Crippen LogP contribution in [0.2, 0.25) is 5.02 Å². The Kier molecular flexibility index (Phi) is 4.40. The Morgan fingerprint density at radius 1 is 0.903 bits per heavy atom. The van der Waals surface area contributed by atoms with Gasteiger partial charge in [0.25, 0.3) is 0 Å². The number of benzene rings is 2. The van der Waals surface area contributed by atoms with E-state index in [0.717, 1.165) is 24.0 Å². The van der Waals surface area contributed by atoms with Gasteiger partial charge in [-0.05, 0) is 78.5 Å². The van der Waals surface area contributed by atoms with E-state index in [2.05, 4.69) is 66.3 Å². The molecule has 1 N–H and O–H groups in total. The summed E-state index contributed by atoms with van der Waals surface area (Å²) in [6.07, 6.45) is 10.7. The lowest BCUT2D eigenvalue weighted by Crippen LogP contribution is -2.63. The zero-order valence-corrected chi connectivity index (χ0v) is 19.5. The number of halogens is 1. The van der Waals surface area contributed by atoms with Crippen molar-refractivity contribution in [1.29, 1.82) is 0 Å². The number of rotatable bonds is 5. The molecule has 4 bridgehead atoms. The fraction of sp³-hybridized carbons (Fsp3) is 0.500. The molecule has 4 atom stereocenters. The largest absolute Gasteiger partial charge is 0.343 e. The highest BCUT2D eigenvalue weighted by Crippen LogP contribution is 2.66. The van der Waals surface area contributed by atoms with Crippen molar-refractivity contribution in [2.45, 2.75) is 71.0 Å². The third kappa shape index (κ3) is 3.43. The van der Waals surface area contributed by atoms with Gasteiger partial charge in [0.15, 0.2) is 0 Å². The topological polar surface area (TPSA) is 17.0 Å². The van der Waals surface area contributed by atoms with Crippen LogP contribution in [-0.4, -0.2) is 10.1 Å². The zero-order chi connectivity index (χ0) is 21.3. The Balaban J connectivity index is 1.29. The van der Waals surface area contributed by atoms with Crippen LogP contribution < -0.4 is 5.32 Å². The summed E-state index contributed by atoms with van der Waals surface area (Å²) in [6.45, 7) is 6.88. The maximum Gasteiger partial charge on any atom is 0.0491 e. The Labute approximate surface area is 191 Å². The van der Waals surface area contributed by atoms with Gasteiger partial charge >= 0.3 is 0 Å². The van der Waals surface area contributed by atoms with Gasteiger partial charge in [0.05, 0.1) is 0 Å². The van der Waals surface area contributed by atoms with Gasteiger partial charge in [-0.3, -0.25) is 0 Å². The van der Waals surface area contributed by atoms with Crippen molar-refractivity contribution < 1.29 is 0 Å². The van der Waals surface area contributed by atoms with Crippen LogP contribution in [0.3, 0.4) is 0 Å². The summed E-state index contributed by atoms with van der Waals surface area (Å²) < 4.78 is 2.37. The molecule has 1 heterocycles. The highest BCUT2D eigenvalue weighted by atomic mass is 35.5. The van der Waals surface area contributed by atoms with E-state index in [0.29, 0.717) is 16.4 Å². The third-order valence-corrected chi connectivity index (χ3v) is 8.82. The summed E-state index contributed by atoms with van der Waals surface area (Å²) in [6, 6.07) is 17.0. The van der Waals surface area contributed by atoms with Crippen molar-refractivity contribution in [1.82, 2.24) is 9.88 Å². The standard InChI is InChI=1S/C28H33ClN2/c1-26-11-20-12-27(2,17-26)19-28(13-20,18-26)30-14-22-16-31(25-10-6-4-8-23(22)25)15-21-7-3-5-9-24(21)29/h3-10,16,20,30H,11-15,17-19H2,1-2H3/t20?,26-,27+,28?. The first-order valence-electron chi connectivity index (χ1n) is 11.9. The van der Waals surface area contributed by atoms with E-state index >= 15 is 0 Å². The van der Waals surface area contributed by atoms with E-state index in [-0.39, 0.29) is 0 Å². The molecule has 4 aliphatic carbocycles. The molecule has 1 aromatic heterocycles. The van der Waals surface area contributed by atoms with Gasteiger partial charge in [-0.15, -0.1) is 0 Å². The van der Waals surface area contributed by atoms with Gasteiger partial charge in [-0.25, -0.2) is 0 Å². The molecular formula is C28H33ClN2. The Morgan fingerprint density at radius 3 is 2.35 bits per heavy atom. The summed E-state index contributed by atoms with van der Waals surface area (Å²) >= 11 is 6.47. The second kappa shape index (κ2) is 6.86. The Hall–Kier alpha value is -1.77. The molecule has 4 fully saturated rings. The molecule has 0 radical (unpaired) electrons. The predicted octanol–water partition coefficient (Wildman–Crippen LogP) is 7.18. The monoisotopic (exact) mass is 432 g/mol. The van der Waals surface area contributed by atoms with Crippen LogP contribution in [-0.2, 0) is 13.1 Å². The summed E-state index contributed by atoms with van der Waals surface area (Å²) in [4.78, 5) is 0. The SMILES string of the molecule is C[C@]12CC3CC(NCc4cn(Cc5ccccc5Cl)c5ccccc45)(C1)C[C@@](C)(C3)C2. The third-order valence-electron chi connectivity index (χ3n) is 8.45. The summed E-state index contributed by atoms with van der Waals surface area (Å²) in [7, 11) is 0. The van der Waals surface area contributed by atoms with Gasteiger partial charge in [0, 0.05) is 40.8 Å². The van der Waals surface area contributed by atoms with Crippen LogP contribution in [0.1, 0.15) is 63.5 Å². The number of nitrogens with one attached hydrogen (secondary N) is 1. The van der Waals surface area contributed by atoms with Crippen molar-refractivity contribution in [3.63, 3.8) is 0 Å². The first-order chi connectivity index (χ1) is 14.8. The minimum Gasteiger partial charge on any atom is -0.343 e. The molecule has 3 heteroatoms. The Bertz CT molecular complexity index is 1130. The van der Waals surface area contributed by atoms with Gasteiger partial charge in [-0.1, -0.05) is 61.8 Å². The quantitative estimate of drug-likeness (QED) is 0.451. The van der Waals surface area contributed by atoms with E-state index in [1.807, 2.05) is 12.1 Å². The lowest BCUT2D eigenvalue weighted by molar-refractivity contribution is -0.118. The zero-order valence-electron chi connectivity index (χ0n) is 18.8. The average Bonchev–Trinajstić information content (AvgIpc) is 3.03. The van der Waals surface area contributed by atoms with E-state index in [9.17, 15) is 0 Å². The first kappa shape index (κ1) is 19.9. The molecule has 2 nitrogen and oxygen atoms in total. The number of hydrogen-bond donors (Lipinski definition) is 1. The van der Waals surface area contributed by atoms with Crippen LogP contribution in [0.4, 0.5) is 0 Å². The predicted molar refractivity (Wildman–Crippen MR) is 129 cm³/mol. The maximum absolute atomic E-state index is 6.47. The molecule has 0 amide bonds. The van der Waals surface area contributed by atoms with Crippen LogP contribution >= 0.6 is 11.6 Å². The molecule has 2 unspecified atom stereocenters. The lowest BCUT2D eigenvalue weighted by atomic mass is 9.43. The number of nitrogens with zero attached hydrogens (tertiary/aromatic N) is 1. The van der Waals surface area contributed by atoms with Crippen LogP contribution in [0.15, 0.2) is 54.7 Å². The molecule has 162 valence electrons. The summed E-state index contributed by atoms with van der Waals surface area (Å²) in [5.74, 6) is 0.917. The second-order valence-electron chi connectivity index (χ2n) is 11.7. The number of hydrogen-bond acceptors (Lipinski definition) is 1. The molecule has 0 spiro atoms. The molecule has 0 aliphatic heterocycles. The molecule has 31 heavy (non-hydrogen) atoms. The minimum absolute atomic E-state index is 0.328. The molecule has 4 saturated carbocycles. The molecular weight excluding hydrogens is 400 g/mol. The molecule has 2 aromatic carbocycles. The average molecular weight is 433 g/mol. The summed E-state index contributed by atoms with van der Waals surface area (Å²) in [5.41, 5.74) is 5.29. The van der Waals surface area contributed by atoms with Crippen molar-refractivity contribution in [3.05, 3.63) is 70.9 Å². The van der Waals surface area contributed by atoms with E-state index < -0.39 is 0 Å². The first-order valence-corrected chi connectivity index (χ1v) is 12.3. The fourth-order valence-electron chi connectivity index (χ4n) is 8.33. The molecule has 0 saturated heterocycles. The van der Waals surface area contributed by atoms with Crippen molar-refractivity contribution in [3.8, 4) is 0 Å². The van der Waals surface area contributed by atoms with Gasteiger partial charge < -0.3 is 9.88 Å². The Morgan fingerprint density at radius 2 is 1.61 bits per heavy atom. The number of para-hydroxylation sites is 1. The van der Waals surface area contributed by atoms with E-state index in [1.54, 1.807) is 0 Å². The maximum atomic E-state index is 6.47. The normalized spacial score (nSPS) is 34.0. The number of aromatic nitrogens is 1. The lowest BCUT2D eigenvalue weighted by Gasteiger charge is -2.65. The van der Waals surface area contributed by atoms with Crippen LogP contribution in [0.25, 0.3) is 10.9 Å². The summed E-state index contributed by atoms with van der Waals surface area (Å²) in [5, 5.41) is 6.34.